The molecule has 0 atom stereocenters. The van der Waals surface area contributed by atoms with Crippen molar-refractivity contribution < 1.29 is 4.79 Å². The highest BCUT2D eigenvalue weighted by molar-refractivity contribution is 6.29. The zero-order chi connectivity index (χ0) is 12.3. The van der Waals surface area contributed by atoms with E-state index in [1.54, 1.807) is 24.4 Å². The number of anilines is 1. The average Bonchev–Trinajstić information content (AvgIpc) is 2.29. The highest BCUT2D eigenvalue weighted by atomic mass is 35.5. The Labute approximate surface area is 104 Å². The van der Waals surface area contributed by atoms with Gasteiger partial charge in [-0.15, -0.1) is 0 Å². The van der Waals surface area contributed by atoms with Crippen LogP contribution in [0.3, 0.4) is 0 Å². The van der Waals surface area contributed by atoms with E-state index in [1.165, 1.54) is 0 Å². The molecule has 0 saturated heterocycles. The van der Waals surface area contributed by atoms with Gasteiger partial charge in [0.05, 0.1) is 0 Å². The number of benzene rings is 1. The Morgan fingerprint density at radius 1 is 1.29 bits per heavy atom. The molecule has 0 unspecified atom stereocenters. The van der Waals surface area contributed by atoms with Crippen molar-refractivity contribution in [3.05, 3.63) is 58.9 Å². The molecule has 0 aliphatic rings. The Morgan fingerprint density at radius 3 is 2.82 bits per heavy atom. The third kappa shape index (κ3) is 3.04. The number of rotatable bonds is 2. The van der Waals surface area contributed by atoms with Gasteiger partial charge in [-0.1, -0.05) is 29.3 Å². The number of pyridine rings is 1. The SMILES string of the molecule is Cc1cccc(C(=O)Nc2ccnc(Cl)c2)c1. The lowest BCUT2D eigenvalue weighted by atomic mass is 10.1. The molecule has 86 valence electrons. The van der Waals surface area contributed by atoms with E-state index in [0.29, 0.717) is 16.4 Å². The number of nitrogens with one attached hydrogen (secondary N) is 1. The molecule has 0 bridgehead atoms. The lowest BCUT2D eigenvalue weighted by Crippen LogP contribution is -2.11. The number of amides is 1. The van der Waals surface area contributed by atoms with Crippen molar-refractivity contribution in [1.29, 1.82) is 0 Å². The van der Waals surface area contributed by atoms with Gasteiger partial charge in [0, 0.05) is 17.4 Å². The summed E-state index contributed by atoms with van der Waals surface area (Å²) in [5, 5.41) is 3.12. The molecule has 0 radical (unpaired) electrons. The summed E-state index contributed by atoms with van der Waals surface area (Å²) in [4.78, 5) is 15.8. The highest BCUT2D eigenvalue weighted by Crippen LogP contribution is 2.13. The summed E-state index contributed by atoms with van der Waals surface area (Å²) in [5.41, 5.74) is 2.31. The van der Waals surface area contributed by atoms with Crippen molar-refractivity contribution in [3.63, 3.8) is 0 Å². The number of hydrogen-bond acceptors (Lipinski definition) is 2. The van der Waals surface area contributed by atoms with Crippen molar-refractivity contribution in [3.8, 4) is 0 Å². The molecule has 0 aliphatic carbocycles. The van der Waals surface area contributed by atoms with Crippen LogP contribution in [-0.2, 0) is 0 Å². The summed E-state index contributed by atoms with van der Waals surface area (Å²) < 4.78 is 0. The van der Waals surface area contributed by atoms with Gasteiger partial charge in [-0.05, 0) is 31.2 Å². The molecule has 4 heteroatoms. The largest absolute Gasteiger partial charge is 0.322 e. The van der Waals surface area contributed by atoms with Gasteiger partial charge in [-0.2, -0.15) is 0 Å². The van der Waals surface area contributed by atoms with Gasteiger partial charge < -0.3 is 5.32 Å². The molecular weight excluding hydrogens is 236 g/mol. The van der Waals surface area contributed by atoms with Crippen molar-refractivity contribution in [2.45, 2.75) is 6.92 Å². The summed E-state index contributed by atoms with van der Waals surface area (Å²) >= 11 is 5.74. The second kappa shape index (κ2) is 4.97. The van der Waals surface area contributed by atoms with Crippen molar-refractivity contribution in [1.82, 2.24) is 4.98 Å². The van der Waals surface area contributed by atoms with Crippen LogP contribution in [-0.4, -0.2) is 10.9 Å². The molecular formula is C13H11ClN2O. The molecule has 3 nitrogen and oxygen atoms in total. The first-order valence-corrected chi connectivity index (χ1v) is 5.52. The molecule has 17 heavy (non-hydrogen) atoms. The molecule has 2 rings (SSSR count). The summed E-state index contributed by atoms with van der Waals surface area (Å²) in [6.45, 7) is 1.94. The zero-order valence-electron chi connectivity index (χ0n) is 9.27. The van der Waals surface area contributed by atoms with Crippen LogP contribution in [0.1, 0.15) is 15.9 Å². The Morgan fingerprint density at radius 2 is 2.12 bits per heavy atom. The molecule has 0 fully saturated rings. The van der Waals surface area contributed by atoms with Crippen LogP contribution in [0.2, 0.25) is 5.15 Å². The monoisotopic (exact) mass is 246 g/mol. The maximum Gasteiger partial charge on any atom is 0.255 e. The normalized spacial score (nSPS) is 10.0. The van der Waals surface area contributed by atoms with Crippen LogP contribution in [0.15, 0.2) is 42.6 Å². The maximum absolute atomic E-state index is 11.9. The minimum atomic E-state index is -0.157. The maximum atomic E-state index is 11.9. The van der Waals surface area contributed by atoms with Crippen molar-refractivity contribution in [2.75, 3.05) is 5.32 Å². The summed E-state index contributed by atoms with van der Waals surface area (Å²) in [6.07, 6.45) is 1.55. The van der Waals surface area contributed by atoms with Gasteiger partial charge in [0.25, 0.3) is 5.91 Å². The number of hydrogen-bond donors (Lipinski definition) is 1. The first kappa shape index (κ1) is 11.6. The number of aromatic nitrogens is 1. The summed E-state index contributed by atoms with van der Waals surface area (Å²) in [7, 11) is 0. The molecule has 0 saturated carbocycles. The molecule has 0 aliphatic heterocycles. The fourth-order valence-corrected chi connectivity index (χ4v) is 1.64. The van der Waals surface area contributed by atoms with Crippen molar-refractivity contribution >= 4 is 23.2 Å². The van der Waals surface area contributed by atoms with Gasteiger partial charge in [0.15, 0.2) is 0 Å². The Bertz CT molecular complexity index is 555. The summed E-state index contributed by atoms with van der Waals surface area (Å²) in [6, 6.07) is 10.7. The smallest absolute Gasteiger partial charge is 0.255 e. The second-order valence-corrected chi connectivity index (χ2v) is 4.08. The minimum absolute atomic E-state index is 0.157. The van der Waals surface area contributed by atoms with Crippen LogP contribution in [0.4, 0.5) is 5.69 Å². The van der Waals surface area contributed by atoms with Gasteiger partial charge >= 0.3 is 0 Å². The number of aryl methyl sites for hydroxylation is 1. The van der Waals surface area contributed by atoms with E-state index in [1.807, 2.05) is 25.1 Å². The highest BCUT2D eigenvalue weighted by Gasteiger charge is 2.06. The lowest BCUT2D eigenvalue weighted by molar-refractivity contribution is 0.102. The molecule has 1 aromatic heterocycles. The molecule has 1 N–H and O–H groups in total. The van der Waals surface area contributed by atoms with E-state index >= 15 is 0 Å². The van der Waals surface area contributed by atoms with Crippen molar-refractivity contribution in [2.24, 2.45) is 0 Å². The number of halogens is 1. The lowest BCUT2D eigenvalue weighted by Gasteiger charge is -2.05. The second-order valence-electron chi connectivity index (χ2n) is 3.69. The van der Waals surface area contributed by atoms with E-state index in [4.69, 9.17) is 11.6 Å². The van der Waals surface area contributed by atoms with Crippen LogP contribution in [0.5, 0.6) is 0 Å². The fraction of sp³-hybridized carbons (Fsp3) is 0.0769. The van der Waals surface area contributed by atoms with E-state index in [0.717, 1.165) is 5.56 Å². The van der Waals surface area contributed by atoms with Gasteiger partial charge in [0.1, 0.15) is 5.15 Å². The molecule has 0 spiro atoms. The number of carbonyl (C=O) groups is 1. The molecule has 2 aromatic rings. The Hall–Kier alpha value is -1.87. The average molecular weight is 247 g/mol. The topological polar surface area (TPSA) is 42.0 Å². The number of nitrogens with zero attached hydrogens (tertiary/aromatic N) is 1. The Kier molecular flexibility index (Phi) is 3.40. The van der Waals surface area contributed by atoms with Crippen LogP contribution in [0, 0.1) is 6.92 Å². The van der Waals surface area contributed by atoms with E-state index in [9.17, 15) is 4.79 Å². The molecule has 1 aromatic carbocycles. The fourth-order valence-electron chi connectivity index (χ4n) is 1.47. The van der Waals surface area contributed by atoms with Crippen LogP contribution < -0.4 is 5.32 Å². The standard InChI is InChI=1S/C13H11ClN2O/c1-9-3-2-4-10(7-9)13(17)16-11-5-6-15-12(14)8-11/h2-8H,1H3,(H,15,16,17). The minimum Gasteiger partial charge on any atom is -0.322 e. The van der Waals surface area contributed by atoms with E-state index in [-0.39, 0.29) is 5.91 Å². The van der Waals surface area contributed by atoms with E-state index < -0.39 is 0 Å². The zero-order valence-corrected chi connectivity index (χ0v) is 10.0. The third-order valence-electron chi connectivity index (χ3n) is 2.26. The van der Waals surface area contributed by atoms with Gasteiger partial charge in [-0.3, -0.25) is 4.79 Å². The predicted molar refractivity (Wildman–Crippen MR) is 68.4 cm³/mol. The first-order valence-electron chi connectivity index (χ1n) is 5.15. The number of carbonyl (C=O) groups excluding carboxylic acids is 1. The van der Waals surface area contributed by atoms with Crippen LogP contribution >= 0.6 is 11.6 Å². The summed E-state index contributed by atoms with van der Waals surface area (Å²) in [5.74, 6) is -0.157. The predicted octanol–water partition coefficient (Wildman–Crippen LogP) is 3.30. The molecule has 1 heterocycles. The van der Waals surface area contributed by atoms with Gasteiger partial charge in [0.2, 0.25) is 0 Å². The first-order chi connectivity index (χ1) is 8.15. The van der Waals surface area contributed by atoms with Gasteiger partial charge in [-0.25, -0.2) is 4.98 Å². The molecule has 1 amide bonds. The quantitative estimate of drug-likeness (QED) is 0.826. The van der Waals surface area contributed by atoms with E-state index in [2.05, 4.69) is 10.3 Å². The third-order valence-corrected chi connectivity index (χ3v) is 2.47. The van der Waals surface area contributed by atoms with Crippen LogP contribution in [0.25, 0.3) is 0 Å². The Balaban J connectivity index is 2.17.